The molecule has 0 aliphatic carbocycles. The molecule has 3 nitrogen and oxygen atoms in total. The first-order chi connectivity index (χ1) is 9.09. The number of rotatable bonds is 3. The van der Waals surface area contributed by atoms with E-state index >= 15 is 0 Å². The van der Waals surface area contributed by atoms with Gasteiger partial charge in [-0.15, -0.1) is 0 Å². The van der Waals surface area contributed by atoms with Crippen molar-refractivity contribution in [3.63, 3.8) is 0 Å². The lowest BCUT2D eigenvalue weighted by molar-refractivity contribution is 0.101. The molecule has 0 bridgehead atoms. The number of hydrogen-bond donors (Lipinski definition) is 1. The van der Waals surface area contributed by atoms with Gasteiger partial charge in [0.25, 0.3) is 5.91 Å². The van der Waals surface area contributed by atoms with Gasteiger partial charge in [0.15, 0.2) is 5.78 Å². The smallest absolute Gasteiger partial charge is 0.256 e. The summed E-state index contributed by atoms with van der Waals surface area (Å²) in [5.41, 5.74) is 1.56. The molecule has 2 aromatic carbocycles. The molecule has 2 aromatic rings. The van der Waals surface area contributed by atoms with Crippen LogP contribution < -0.4 is 5.32 Å². The zero-order chi connectivity index (χ0) is 13.8. The van der Waals surface area contributed by atoms with Crippen molar-refractivity contribution in [3.8, 4) is 0 Å². The monoisotopic (exact) mass is 317 g/mol. The van der Waals surface area contributed by atoms with Gasteiger partial charge in [0.1, 0.15) is 0 Å². The minimum absolute atomic E-state index is 0.0805. The standard InChI is InChI=1S/C15H12BrNO2/c1-10(18)11-6-3-5-9-14(11)17-15(19)12-7-2-4-8-13(12)16/h2-9H,1H3,(H,17,19). The third-order valence-electron chi connectivity index (χ3n) is 2.67. The maximum absolute atomic E-state index is 12.2. The second-order valence-corrected chi connectivity index (χ2v) is 4.89. The second kappa shape index (κ2) is 5.80. The van der Waals surface area contributed by atoms with Crippen molar-refractivity contribution in [1.29, 1.82) is 0 Å². The summed E-state index contributed by atoms with van der Waals surface area (Å²) in [6.07, 6.45) is 0. The van der Waals surface area contributed by atoms with Crippen molar-refractivity contribution in [2.75, 3.05) is 5.32 Å². The van der Waals surface area contributed by atoms with Crippen LogP contribution in [0.25, 0.3) is 0 Å². The van der Waals surface area contributed by atoms with Crippen LogP contribution in [0, 0.1) is 0 Å². The molecular weight excluding hydrogens is 306 g/mol. The number of benzene rings is 2. The number of para-hydroxylation sites is 1. The average Bonchev–Trinajstić information content (AvgIpc) is 2.39. The van der Waals surface area contributed by atoms with Gasteiger partial charge in [-0.3, -0.25) is 9.59 Å². The average molecular weight is 318 g/mol. The summed E-state index contributed by atoms with van der Waals surface area (Å²) in [7, 11) is 0. The van der Waals surface area contributed by atoms with E-state index in [-0.39, 0.29) is 11.7 Å². The zero-order valence-electron chi connectivity index (χ0n) is 10.3. The van der Waals surface area contributed by atoms with Crippen molar-refractivity contribution in [3.05, 3.63) is 64.1 Å². The molecule has 0 radical (unpaired) electrons. The van der Waals surface area contributed by atoms with Crippen molar-refractivity contribution < 1.29 is 9.59 Å². The Balaban J connectivity index is 2.30. The van der Waals surface area contributed by atoms with E-state index in [9.17, 15) is 9.59 Å². The number of ketones is 1. The Hall–Kier alpha value is -1.94. The Labute approximate surface area is 119 Å². The Morgan fingerprint density at radius 1 is 0.947 bits per heavy atom. The Kier molecular flexibility index (Phi) is 4.12. The fraction of sp³-hybridized carbons (Fsp3) is 0.0667. The summed E-state index contributed by atoms with van der Waals surface area (Å²) >= 11 is 3.33. The van der Waals surface area contributed by atoms with Crippen LogP contribution in [0.15, 0.2) is 53.0 Å². The maximum Gasteiger partial charge on any atom is 0.256 e. The van der Waals surface area contributed by atoms with Gasteiger partial charge in [0.2, 0.25) is 0 Å². The fourth-order valence-corrected chi connectivity index (χ4v) is 2.20. The van der Waals surface area contributed by atoms with E-state index in [0.717, 1.165) is 0 Å². The Bertz CT molecular complexity index is 638. The summed E-state index contributed by atoms with van der Waals surface area (Å²) in [5, 5.41) is 2.76. The molecule has 2 rings (SSSR count). The van der Waals surface area contributed by atoms with Crippen molar-refractivity contribution in [2.45, 2.75) is 6.92 Å². The molecule has 0 saturated heterocycles. The highest BCUT2D eigenvalue weighted by Crippen LogP contribution is 2.20. The van der Waals surface area contributed by atoms with Crippen LogP contribution in [0.3, 0.4) is 0 Å². The predicted molar refractivity (Wildman–Crippen MR) is 78.5 cm³/mol. The van der Waals surface area contributed by atoms with E-state index in [1.54, 1.807) is 42.5 Å². The van der Waals surface area contributed by atoms with E-state index in [1.165, 1.54) is 6.92 Å². The molecule has 1 amide bonds. The van der Waals surface area contributed by atoms with Crippen LogP contribution >= 0.6 is 15.9 Å². The van der Waals surface area contributed by atoms with Gasteiger partial charge in [0.05, 0.1) is 11.3 Å². The van der Waals surface area contributed by atoms with Gasteiger partial charge in [-0.05, 0) is 47.1 Å². The lowest BCUT2D eigenvalue weighted by Gasteiger charge is -2.09. The molecule has 0 saturated carbocycles. The summed E-state index contributed by atoms with van der Waals surface area (Å²) in [5.74, 6) is -0.329. The molecule has 0 aliphatic rings. The van der Waals surface area contributed by atoms with Crippen molar-refractivity contribution >= 4 is 33.3 Å². The molecule has 0 aromatic heterocycles. The third-order valence-corrected chi connectivity index (χ3v) is 3.36. The minimum Gasteiger partial charge on any atom is -0.321 e. The molecule has 0 spiro atoms. The Morgan fingerprint density at radius 2 is 1.53 bits per heavy atom. The SMILES string of the molecule is CC(=O)c1ccccc1NC(=O)c1ccccc1Br. The van der Waals surface area contributed by atoms with Crippen LogP contribution in [0.5, 0.6) is 0 Å². The number of anilines is 1. The quantitative estimate of drug-likeness (QED) is 0.872. The molecule has 1 N–H and O–H groups in total. The number of halogens is 1. The van der Waals surface area contributed by atoms with Crippen LogP contribution in [0.1, 0.15) is 27.6 Å². The van der Waals surface area contributed by atoms with E-state index < -0.39 is 0 Å². The van der Waals surface area contributed by atoms with Crippen LogP contribution in [0.2, 0.25) is 0 Å². The maximum atomic E-state index is 12.2. The molecule has 0 heterocycles. The number of amides is 1. The van der Waals surface area contributed by atoms with Crippen molar-refractivity contribution in [1.82, 2.24) is 0 Å². The summed E-state index contributed by atoms with van der Waals surface area (Å²) in [4.78, 5) is 23.6. The number of hydrogen-bond acceptors (Lipinski definition) is 2. The lowest BCUT2D eigenvalue weighted by Crippen LogP contribution is -2.14. The lowest BCUT2D eigenvalue weighted by atomic mass is 10.1. The van der Waals surface area contributed by atoms with E-state index in [4.69, 9.17) is 0 Å². The topological polar surface area (TPSA) is 46.2 Å². The number of nitrogens with one attached hydrogen (secondary N) is 1. The minimum atomic E-state index is -0.249. The molecule has 4 heteroatoms. The second-order valence-electron chi connectivity index (χ2n) is 4.04. The van der Waals surface area contributed by atoms with Gasteiger partial charge in [-0.2, -0.15) is 0 Å². The van der Waals surface area contributed by atoms with Crippen LogP contribution in [0.4, 0.5) is 5.69 Å². The predicted octanol–water partition coefficient (Wildman–Crippen LogP) is 3.90. The van der Waals surface area contributed by atoms with Gasteiger partial charge in [-0.25, -0.2) is 0 Å². The van der Waals surface area contributed by atoms with E-state index in [2.05, 4.69) is 21.2 Å². The fourth-order valence-electron chi connectivity index (χ4n) is 1.73. The van der Waals surface area contributed by atoms with Gasteiger partial charge < -0.3 is 5.32 Å². The highest BCUT2D eigenvalue weighted by atomic mass is 79.9. The number of Topliss-reactive ketones (excluding diaryl/α,β-unsaturated/α-hetero) is 1. The first kappa shape index (κ1) is 13.5. The van der Waals surface area contributed by atoms with Gasteiger partial charge in [-0.1, -0.05) is 24.3 Å². The number of carbonyl (C=O) groups excluding carboxylic acids is 2. The summed E-state index contributed by atoms with van der Waals surface area (Å²) in [6.45, 7) is 1.48. The molecular formula is C15H12BrNO2. The Morgan fingerprint density at radius 3 is 2.16 bits per heavy atom. The molecule has 0 fully saturated rings. The van der Waals surface area contributed by atoms with Crippen LogP contribution in [-0.2, 0) is 0 Å². The van der Waals surface area contributed by atoms with E-state index in [1.807, 2.05) is 6.07 Å². The van der Waals surface area contributed by atoms with Gasteiger partial charge in [0, 0.05) is 10.0 Å². The van der Waals surface area contributed by atoms with Gasteiger partial charge >= 0.3 is 0 Å². The molecule has 0 aliphatic heterocycles. The molecule has 0 atom stereocenters. The molecule has 96 valence electrons. The molecule has 0 unspecified atom stereocenters. The third kappa shape index (κ3) is 3.09. The first-order valence-corrected chi connectivity index (χ1v) is 6.54. The molecule has 19 heavy (non-hydrogen) atoms. The summed E-state index contributed by atoms with van der Waals surface area (Å²) in [6, 6.07) is 14.1. The normalized spacial score (nSPS) is 10.0. The number of carbonyl (C=O) groups is 2. The van der Waals surface area contributed by atoms with Crippen LogP contribution in [-0.4, -0.2) is 11.7 Å². The van der Waals surface area contributed by atoms with Crippen molar-refractivity contribution in [2.24, 2.45) is 0 Å². The highest BCUT2D eigenvalue weighted by Gasteiger charge is 2.12. The van der Waals surface area contributed by atoms with E-state index in [0.29, 0.717) is 21.3 Å². The first-order valence-electron chi connectivity index (χ1n) is 5.75. The largest absolute Gasteiger partial charge is 0.321 e. The zero-order valence-corrected chi connectivity index (χ0v) is 11.9. The highest BCUT2D eigenvalue weighted by molar-refractivity contribution is 9.10. The summed E-state index contributed by atoms with van der Waals surface area (Å²) < 4.78 is 0.716.